The van der Waals surface area contributed by atoms with Crippen LogP contribution in [-0.2, 0) is 0 Å². The van der Waals surface area contributed by atoms with Gasteiger partial charge in [-0.25, -0.2) is 0 Å². The van der Waals surface area contributed by atoms with Gasteiger partial charge in [0.1, 0.15) is 0 Å². The van der Waals surface area contributed by atoms with E-state index in [2.05, 4.69) is 18.2 Å². The minimum Gasteiger partial charge on any atom is -0.261 e. The Bertz CT molecular complexity index is 185. The van der Waals surface area contributed by atoms with E-state index in [4.69, 9.17) is 0 Å². The second-order valence-corrected chi connectivity index (χ2v) is 2.87. The first-order chi connectivity index (χ1) is 4.70. The van der Waals surface area contributed by atoms with Crippen LogP contribution >= 0.6 is 0 Å². The van der Waals surface area contributed by atoms with Gasteiger partial charge in [0.25, 0.3) is 0 Å². The Kier molecular flexibility index (Phi) is 2.05. The number of hydrogen-bond donors (Lipinski definition) is 0. The van der Waals surface area contributed by atoms with E-state index in [9.17, 15) is 0 Å². The molecule has 1 fully saturated rings. The van der Waals surface area contributed by atoms with Crippen molar-refractivity contribution < 1.29 is 0 Å². The highest BCUT2D eigenvalue weighted by atomic mass is 14.7. The molecule has 0 saturated heterocycles. The molecular weight excluding hydrogens is 122 g/mol. The lowest BCUT2D eigenvalue weighted by molar-refractivity contribution is 0.992. The maximum Gasteiger partial charge on any atom is 0.0362 e. The summed E-state index contributed by atoms with van der Waals surface area (Å²) in [5.74, 6) is 0.676. The highest BCUT2D eigenvalue weighted by Crippen LogP contribution is 2.35. The molecule has 1 rings (SSSR count). The van der Waals surface area contributed by atoms with Gasteiger partial charge < -0.3 is 0 Å². The summed E-state index contributed by atoms with van der Waals surface area (Å²) < 4.78 is 0. The summed E-state index contributed by atoms with van der Waals surface area (Å²) in [4.78, 5) is 4.17. The molecule has 1 nitrogen and oxygen atoms in total. The fourth-order valence-electron chi connectivity index (χ4n) is 0.715. The minimum absolute atomic E-state index is 0.676. The van der Waals surface area contributed by atoms with Crippen LogP contribution in [0.4, 0.5) is 0 Å². The third kappa shape index (κ3) is 2.18. The van der Waals surface area contributed by atoms with Gasteiger partial charge in [0.05, 0.1) is 0 Å². The molecule has 0 bridgehead atoms. The fourth-order valence-corrected chi connectivity index (χ4v) is 0.715. The van der Waals surface area contributed by atoms with Crippen molar-refractivity contribution in [2.24, 2.45) is 10.9 Å². The highest BCUT2D eigenvalue weighted by Gasteiger charge is 2.23. The fraction of sp³-hybridized carbons (Fsp3) is 0.444. The van der Waals surface area contributed by atoms with E-state index in [1.54, 1.807) is 6.21 Å². The van der Waals surface area contributed by atoms with Gasteiger partial charge in [0, 0.05) is 17.8 Å². The Labute approximate surface area is 62.2 Å². The maximum atomic E-state index is 4.17. The van der Waals surface area contributed by atoms with Crippen molar-refractivity contribution in [3.05, 3.63) is 24.4 Å². The average molecular weight is 135 g/mol. The SMILES string of the molecule is C=C(C)C=NC(=C)C1CC1. The van der Waals surface area contributed by atoms with E-state index in [0.717, 1.165) is 11.3 Å². The summed E-state index contributed by atoms with van der Waals surface area (Å²) in [6.07, 6.45) is 4.32. The van der Waals surface area contributed by atoms with Gasteiger partial charge in [0.15, 0.2) is 0 Å². The number of aliphatic imine (C=N–C) groups is 1. The van der Waals surface area contributed by atoms with Gasteiger partial charge in [-0.05, 0) is 25.3 Å². The molecule has 10 heavy (non-hydrogen) atoms. The van der Waals surface area contributed by atoms with E-state index < -0.39 is 0 Å². The summed E-state index contributed by atoms with van der Waals surface area (Å²) in [5.41, 5.74) is 2.00. The van der Waals surface area contributed by atoms with Crippen molar-refractivity contribution in [3.63, 3.8) is 0 Å². The van der Waals surface area contributed by atoms with Crippen LogP contribution in [-0.4, -0.2) is 6.21 Å². The van der Waals surface area contributed by atoms with Crippen molar-refractivity contribution in [3.8, 4) is 0 Å². The number of allylic oxidation sites excluding steroid dienone is 2. The Morgan fingerprint density at radius 2 is 2.10 bits per heavy atom. The van der Waals surface area contributed by atoms with Crippen LogP contribution in [0.2, 0.25) is 0 Å². The lowest BCUT2D eigenvalue weighted by Crippen LogP contribution is -1.80. The second kappa shape index (κ2) is 2.82. The molecular formula is C9H13N. The number of nitrogens with zero attached hydrogens (tertiary/aromatic N) is 1. The lowest BCUT2D eigenvalue weighted by atomic mass is 10.3. The standard InChI is InChI=1S/C9H13N/c1-7(2)6-10-8(3)9-4-5-9/h6,9H,1,3-5H2,2H3. The van der Waals surface area contributed by atoms with Crippen LogP contribution in [0.5, 0.6) is 0 Å². The molecule has 0 unspecified atom stereocenters. The number of hydrogen-bond acceptors (Lipinski definition) is 1. The Morgan fingerprint density at radius 3 is 2.50 bits per heavy atom. The molecule has 0 atom stereocenters. The highest BCUT2D eigenvalue weighted by molar-refractivity contribution is 5.77. The van der Waals surface area contributed by atoms with Crippen molar-refractivity contribution >= 4 is 6.21 Å². The Balaban J connectivity index is 2.36. The maximum absolute atomic E-state index is 4.17. The second-order valence-electron chi connectivity index (χ2n) is 2.87. The molecule has 1 aliphatic carbocycles. The van der Waals surface area contributed by atoms with Crippen molar-refractivity contribution in [2.45, 2.75) is 19.8 Å². The van der Waals surface area contributed by atoms with E-state index in [0.29, 0.717) is 5.92 Å². The lowest BCUT2D eigenvalue weighted by Gasteiger charge is -1.92. The predicted molar refractivity (Wildman–Crippen MR) is 45.2 cm³/mol. The van der Waals surface area contributed by atoms with Gasteiger partial charge >= 0.3 is 0 Å². The molecule has 0 aliphatic heterocycles. The Hall–Kier alpha value is -0.850. The van der Waals surface area contributed by atoms with E-state index in [1.807, 2.05) is 6.92 Å². The van der Waals surface area contributed by atoms with Crippen LogP contribution < -0.4 is 0 Å². The zero-order valence-corrected chi connectivity index (χ0v) is 6.43. The molecule has 54 valence electrons. The number of rotatable bonds is 3. The summed E-state index contributed by atoms with van der Waals surface area (Å²) in [7, 11) is 0. The van der Waals surface area contributed by atoms with Crippen molar-refractivity contribution in [1.82, 2.24) is 0 Å². The van der Waals surface area contributed by atoms with Gasteiger partial charge in [-0.2, -0.15) is 0 Å². The van der Waals surface area contributed by atoms with Gasteiger partial charge in [-0.15, -0.1) is 0 Å². The summed E-state index contributed by atoms with van der Waals surface area (Å²) in [5, 5.41) is 0. The van der Waals surface area contributed by atoms with Gasteiger partial charge in [-0.1, -0.05) is 13.2 Å². The molecule has 0 spiro atoms. The molecule has 1 aliphatic rings. The normalized spacial score (nSPS) is 17.7. The van der Waals surface area contributed by atoms with Crippen molar-refractivity contribution in [2.75, 3.05) is 0 Å². The smallest absolute Gasteiger partial charge is 0.0362 e. The molecule has 0 heterocycles. The first-order valence-electron chi connectivity index (χ1n) is 3.58. The average Bonchev–Trinajstić information content (AvgIpc) is 2.63. The van der Waals surface area contributed by atoms with Crippen LogP contribution in [0.3, 0.4) is 0 Å². The third-order valence-corrected chi connectivity index (χ3v) is 1.50. The Morgan fingerprint density at radius 1 is 1.50 bits per heavy atom. The first kappa shape index (κ1) is 7.26. The molecule has 1 heteroatoms. The molecule has 0 N–H and O–H groups in total. The van der Waals surface area contributed by atoms with E-state index in [1.165, 1.54) is 12.8 Å². The predicted octanol–water partition coefficient (Wildman–Crippen LogP) is 2.56. The topological polar surface area (TPSA) is 12.4 Å². The molecule has 0 aromatic rings. The first-order valence-corrected chi connectivity index (χ1v) is 3.58. The minimum atomic E-state index is 0.676. The molecule has 0 aromatic heterocycles. The molecule has 0 amide bonds. The monoisotopic (exact) mass is 135 g/mol. The molecule has 1 saturated carbocycles. The van der Waals surface area contributed by atoms with Crippen LogP contribution in [0.25, 0.3) is 0 Å². The largest absolute Gasteiger partial charge is 0.261 e. The van der Waals surface area contributed by atoms with E-state index in [-0.39, 0.29) is 0 Å². The summed E-state index contributed by atoms with van der Waals surface area (Å²) >= 11 is 0. The van der Waals surface area contributed by atoms with Crippen molar-refractivity contribution in [1.29, 1.82) is 0 Å². The van der Waals surface area contributed by atoms with Crippen LogP contribution in [0.15, 0.2) is 29.4 Å². The van der Waals surface area contributed by atoms with Gasteiger partial charge in [-0.3, -0.25) is 4.99 Å². The zero-order valence-electron chi connectivity index (χ0n) is 6.43. The molecule has 0 radical (unpaired) electrons. The summed E-state index contributed by atoms with van der Waals surface area (Å²) in [6.45, 7) is 9.50. The zero-order chi connectivity index (χ0) is 7.56. The summed E-state index contributed by atoms with van der Waals surface area (Å²) in [6, 6.07) is 0. The molecule has 0 aromatic carbocycles. The third-order valence-electron chi connectivity index (χ3n) is 1.50. The van der Waals surface area contributed by atoms with E-state index >= 15 is 0 Å². The van der Waals surface area contributed by atoms with Gasteiger partial charge in [0.2, 0.25) is 0 Å². The van der Waals surface area contributed by atoms with Crippen LogP contribution in [0.1, 0.15) is 19.8 Å². The van der Waals surface area contributed by atoms with Crippen LogP contribution in [0, 0.1) is 5.92 Å². The quantitative estimate of drug-likeness (QED) is 0.527.